The SMILES string of the molecule is CN(C)c1cccc(OCc2cc(=O)n3[nH]c(-c4ccccc4)nc3n2)c1.COc1cc(OC)cc(OCc2cc(=O)n3[nH]c(-c4ccccc4)nc3n2)c1.COc1ccc2c(c1)CN(Cc1cc(=O)n3[nH]c(-c4ccccc4)nc3n1)C2=O.Cc1ccc(OCc2cc(=O)n3[nH]c(-c4ccccc4)nc3n2)cc1.O=c1cc(COc2c(Cl)ccc(Cl)c2Cl)nc2nc(-c3ccccc3)[nH]n12. The number of aromatic amines is 5. The van der Waals surface area contributed by atoms with Gasteiger partial charge >= 0.3 is 0 Å². The van der Waals surface area contributed by atoms with E-state index in [4.69, 9.17) is 68.0 Å². The van der Waals surface area contributed by atoms with E-state index in [9.17, 15) is 28.8 Å². The van der Waals surface area contributed by atoms with Gasteiger partial charge in [-0.25, -0.2) is 24.9 Å². The van der Waals surface area contributed by atoms with Crippen molar-refractivity contribution in [2.24, 2.45) is 0 Å². The van der Waals surface area contributed by atoms with E-state index in [-0.39, 0.29) is 94.8 Å². The van der Waals surface area contributed by atoms with Gasteiger partial charge in [0.2, 0.25) is 0 Å². The molecule has 682 valence electrons. The summed E-state index contributed by atoms with van der Waals surface area (Å²) in [7, 11) is 8.67. The van der Waals surface area contributed by atoms with Crippen LogP contribution in [0.25, 0.3) is 85.8 Å². The van der Waals surface area contributed by atoms with Gasteiger partial charge in [-0.05, 0) is 67.1 Å². The van der Waals surface area contributed by atoms with Crippen molar-refractivity contribution in [3.8, 4) is 97.2 Å². The van der Waals surface area contributed by atoms with Crippen LogP contribution in [0.3, 0.4) is 0 Å². The summed E-state index contributed by atoms with van der Waals surface area (Å²) in [5, 5.41) is 15.7. The van der Waals surface area contributed by atoms with Crippen LogP contribution in [-0.2, 0) is 39.5 Å². The summed E-state index contributed by atoms with van der Waals surface area (Å²) >= 11 is 18.2. The molecule has 1 aliphatic heterocycles. The van der Waals surface area contributed by atoms with Crippen LogP contribution in [-0.4, -0.2) is 144 Å². The van der Waals surface area contributed by atoms with Gasteiger partial charge in [0.15, 0.2) is 34.9 Å². The first kappa shape index (κ1) is 90.6. The van der Waals surface area contributed by atoms with Gasteiger partial charge in [0.25, 0.3) is 62.6 Å². The van der Waals surface area contributed by atoms with Gasteiger partial charge in [0.1, 0.15) is 65.9 Å². The number of nitrogens with one attached hydrogen (secondary N) is 5. The zero-order valence-electron chi connectivity index (χ0n) is 73.3. The molecule has 0 spiro atoms. The second kappa shape index (κ2) is 41.0. The van der Waals surface area contributed by atoms with E-state index in [2.05, 4.69) is 75.3 Å². The van der Waals surface area contributed by atoms with E-state index < -0.39 is 0 Å². The molecule has 10 aromatic carbocycles. The lowest BCUT2D eigenvalue weighted by Gasteiger charge is -2.14. The number of anilines is 1. The predicted octanol–water partition coefficient (Wildman–Crippen LogP) is 15.3. The first-order chi connectivity index (χ1) is 66.1. The Morgan fingerprint density at radius 2 is 0.662 bits per heavy atom. The molecule has 38 heteroatoms. The topological polar surface area (TPSA) is 403 Å². The monoisotopic (exact) mass is 1880 g/mol. The number of carbonyl (C=O) groups excluding carboxylic acids is 1. The number of aryl methyl sites for hydroxylation is 1. The number of aromatic nitrogens is 20. The molecule has 0 atom stereocenters. The maximum absolute atomic E-state index is 12.7. The minimum absolute atomic E-state index is 0.0148. The van der Waals surface area contributed by atoms with Crippen molar-refractivity contribution < 1.29 is 38.0 Å². The summed E-state index contributed by atoms with van der Waals surface area (Å²) in [5.41, 5.74) is 9.23. The molecule has 0 bridgehead atoms. The third kappa shape index (κ3) is 21.3. The molecule has 0 radical (unpaired) electrons. The number of nitrogens with zero attached hydrogens (tertiary/aromatic N) is 17. The zero-order chi connectivity index (χ0) is 94.5. The van der Waals surface area contributed by atoms with E-state index in [1.165, 1.54) is 52.9 Å². The summed E-state index contributed by atoms with van der Waals surface area (Å²) in [6.07, 6.45) is 0. The van der Waals surface area contributed by atoms with E-state index in [1.54, 1.807) is 68.7 Å². The molecule has 35 nitrogen and oxygen atoms in total. The lowest BCUT2D eigenvalue weighted by Crippen LogP contribution is -2.25. The van der Waals surface area contributed by atoms with Crippen LogP contribution in [0.2, 0.25) is 15.1 Å². The van der Waals surface area contributed by atoms with Crippen LogP contribution in [0.1, 0.15) is 50.0 Å². The average molecular weight is 1880 g/mol. The Balaban J connectivity index is 0.000000118. The molecule has 1 amide bonds. The van der Waals surface area contributed by atoms with Crippen molar-refractivity contribution in [2.75, 3.05) is 40.3 Å². The number of fused-ring (bicyclic) bond motifs is 6. The molecule has 136 heavy (non-hydrogen) atoms. The summed E-state index contributed by atoms with van der Waals surface area (Å²) in [6.45, 7) is 3.19. The molecule has 0 unspecified atom stereocenters. The molecule has 0 aliphatic carbocycles. The maximum atomic E-state index is 12.7. The van der Waals surface area contributed by atoms with Gasteiger partial charge in [-0.1, -0.05) is 210 Å². The molecule has 0 saturated carbocycles. The highest BCUT2D eigenvalue weighted by Gasteiger charge is 2.29. The Morgan fingerprint density at radius 3 is 1.04 bits per heavy atom. The Kier molecular flexibility index (Phi) is 27.3. The fraction of sp³-hybridized carbons (Fsp3) is 0.122. The van der Waals surface area contributed by atoms with Crippen LogP contribution >= 0.6 is 34.8 Å². The van der Waals surface area contributed by atoms with Gasteiger partial charge in [0.05, 0.1) is 66.4 Å². The van der Waals surface area contributed by atoms with Gasteiger partial charge < -0.3 is 43.0 Å². The number of halogens is 3. The smallest absolute Gasteiger partial charge is 0.274 e. The lowest BCUT2D eigenvalue weighted by atomic mass is 10.1. The fourth-order valence-electron chi connectivity index (χ4n) is 14.1. The minimum atomic E-state index is -0.309. The highest BCUT2D eigenvalue weighted by atomic mass is 35.5. The number of carbonyl (C=O) groups is 1. The van der Waals surface area contributed by atoms with Crippen LogP contribution in [0, 0.1) is 6.92 Å². The Morgan fingerprint density at radius 1 is 0.324 bits per heavy atom. The van der Waals surface area contributed by atoms with Gasteiger partial charge in [-0.3, -0.25) is 54.3 Å². The van der Waals surface area contributed by atoms with E-state index in [1.807, 2.05) is 232 Å². The molecular formula is C98H81Cl3N22O13. The van der Waals surface area contributed by atoms with Crippen molar-refractivity contribution in [2.45, 2.75) is 46.4 Å². The number of hydrogen-bond donors (Lipinski definition) is 5. The van der Waals surface area contributed by atoms with Crippen LogP contribution < -0.4 is 65.9 Å². The normalized spacial score (nSPS) is 11.4. The Bertz CT molecular complexity index is 8010. The lowest BCUT2D eigenvalue weighted by molar-refractivity contribution is 0.0764. The third-order valence-electron chi connectivity index (χ3n) is 20.9. The zero-order valence-corrected chi connectivity index (χ0v) is 75.6. The number of amides is 1. The van der Waals surface area contributed by atoms with Crippen LogP contribution in [0.5, 0.6) is 40.2 Å². The fourth-order valence-corrected chi connectivity index (χ4v) is 14.7. The maximum Gasteiger partial charge on any atom is 0.274 e. The van der Waals surface area contributed by atoms with Crippen LogP contribution in [0.15, 0.2) is 303 Å². The van der Waals surface area contributed by atoms with Crippen LogP contribution in [0.4, 0.5) is 5.69 Å². The van der Waals surface area contributed by atoms with E-state index in [0.717, 1.165) is 56.1 Å². The number of rotatable bonds is 23. The molecule has 1 aliphatic rings. The van der Waals surface area contributed by atoms with E-state index >= 15 is 0 Å². The molecule has 5 N–H and O–H groups in total. The van der Waals surface area contributed by atoms with Crippen molar-refractivity contribution in [1.82, 2.24) is 103 Å². The van der Waals surface area contributed by atoms with Gasteiger partial charge in [0, 0.05) is 114 Å². The summed E-state index contributed by atoms with van der Waals surface area (Å²) in [5.74, 6) is 8.39. The average Bonchev–Trinajstić information content (AvgIpc) is 1.65. The largest absolute Gasteiger partial charge is 0.497 e. The second-order valence-electron chi connectivity index (χ2n) is 30.6. The number of hydrogen-bond acceptors (Lipinski definition) is 24. The first-order valence-electron chi connectivity index (χ1n) is 42.0. The number of ether oxygens (including phenoxy) is 7. The summed E-state index contributed by atoms with van der Waals surface area (Å²) in [4.78, 5) is 123. The summed E-state index contributed by atoms with van der Waals surface area (Å²) < 4.78 is 45.1. The second-order valence-corrected chi connectivity index (χ2v) is 31.8. The van der Waals surface area contributed by atoms with Crippen molar-refractivity contribution in [3.63, 3.8) is 0 Å². The van der Waals surface area contributed by atoms with Gasteiger partial charge in [-0.2, -0.15) is 47.5 Å². The number of H-pyrrole nitrogens is 5. The standard InChI is InChI=1S/C21H17N5O3.C20H19N5O2.C20H18N4O4.C19H16N4O2.C18H11Cl3N4O2/c1-29-16-7-8-17-14(9-16)11-25(20(17)28)12-15-10-18(27)26-21(22-15)23-19(24-26)13-5-3-2-4-6-13;1-24(2)16-9-6-10-17(12-16)27-13-15-11-18(26)25-20(21-15)22-19(23-25)14-7-4-3-5-8-14;1-26-15-9-16(27-2)11-17(10-15)28-12-14-8-18(25)24-20(21-14)22-19(23-24)13-6-4-3-5-7-13;1-13-7-9-16(10-8-13)25-12-15-11-17(24)23-19(20-15)21-18(22-23)14-5-3-2-4-6-14;19-12-6-7-13(20)16(15(12)21)27-9-11-8-14(26)25-18(22-11)23-17(24-25)10-4-2-1-3-5-10/h2-10H,11-12H2,1H3,(H,22,23,24);3-12H,13H2,1-2H3,(H,21,22,23);3-11H,12H2,1-2H3,(H,21,22,23);2-11H,12H2,1H3,(H,20,21,22);1-8H,9H2,(H,22,23,24). The molecule has 0 saturated heterocycles. The first-order valence-corrected chi connectivity index (χ1v) is 43.1. The molecule has 20 aromatic rings. The molecule has 10 aromatic heterocycles. The van der Waals surface area contributed by atoms with Gasteiger partial charge in [-0.15, -0.1) is 0 Å². The Hall–Kier alpha value is -17.3. The minimum Gasteiger partial charge on any atom is -0.497 e. The molecular weight excluding hydrogens is 1800 g/mol. The van der Waals surface area contributed by atoms with E-state index in [0.29, 0.717) is 114 Å². The quantitative estimate of drug-likeness (QED) is 0.0371. The number of methoxy groups -OCH3 is 3. The number of benzene rings is 10. The molecule has 11 heterocycles. The highest BCUT2D eigenvalue weighted by molar-refractivity contribution is 6.44. The van der Waals surface area contributed by atoms with Crippen molar-refractivity contribution >= 4 is 75.3 Å². The molecule has 21 rings (SSSR count). The van der Waals surface area contributed by atoms with Crippen molar-refractivity contribution in [1.29, 1.82) is 0 Å². The molecule has 0 fully saturated rings. The van der Waals surface area contributed by atoms with Crippen molar-refractivity contribution in [3.05, 3.63) is 391 Å². The third-order valence-corrected chi connectivity index (χ3v) is 22.0. The summed E-state index contributed by atoms with van der Waals surface area (Å²) in [6, 6.07) is 84.0. The predicted molar refractivity (Wildman–Crippen MR) is 512 cm³/mol. The highest BCUT2D eigenvalue weighted by Crippen LogP contribution is 2.39. The Labute approximate surface area is 786 Å².